The molecule has 9 heteroatoms. The van der Waals surface area contributed by atoms with Crippen molar-refractivity contribution in [1.29, 1.82) is 0 Å². The van der Waals surface area contributed by atoms with E-state index in [-0.39, 0.29) is 12.3 Å². The molecule has 0 spiro atoms. The van der Waals surface area contributed by atoms with Gasteiger partial charge in [-0.1, -0.05) is 37.8 Å². The molecule has 1 amide bonds. The van der Waals surface area contributed by atoms with Gasteiger partial charge in [-0.25, -0.2) is 17.8 Å². The minimum atomic E-state index is -3.68. The van der Waals surface area contributed by atoms with Crippen LogP contribution in [0.15, 0.2) is 24.3 Å². The third-order valence-corrected chi connectivity index (χ3v) is 7.59. The van der Waals surface area contributed by atoms with Crippen molar-refractivity contribution >= 4 is 16.4 Å². The Morgan fingerprint density at radius 1 is 1.23 bits per heavy atom. The van der Waals surface area contributed by atoms with Crippen LogP contribution in [0.3, 0.4) is 0 Å². The molecule has 8 nitrogen and oxygen atoms in total. The quantitative estimate of drug-likeness (QED) is 0.252. The van der Waals surface area contributed by atoms with Gasteiger partial charge in [-0.2, -0.15) is 0 Å². The number of hydrogen-bond donors (Lipinski definition) is 1. The highest BCUT2D eigenvalue weighted by molar-refractivity contribution is 7.89. The van der Waals surface area contributed by atoms with Crippen LogP contribution in [0.4, 0.5) is 0 Å². The highest BCUT2D eigenvalue weighted by Gasteiger charge is 2.32. The predicted molar refractivity (Wildman–Crippen MR) is 119 cm³/mol. The minimum Gasteiger partial charge on any atom is -0.497 e. The molecule has 0 bridgehead atoms. The second-order valence-corrected chi connectivity index (χ2v) is 9.52. The summed E-state index contributed by atoms with van der Waals surface area (Å²) in [6.07, 6.45) is 1.61. The molecule has 1 aromatic rings. The van der Waals surface area contributed by atoms with Crippen LogP contribution < -0.4 is 4.74 Å². The molecule has 1 saturated heterocycles. The molecule has 0 aromatic heterocycles. The zero-order valence-electron chi connectivity index (χ0n) is 18.5. The maximum atomic E-state index is 12.9. The van der Waals surface area contributed by atoms with Gasteiger partial charge in [-0.05, 0) is 49.5 Å². The Labute approximate surface area is 185 Å². The Hall–Kier alpha value is -2.12. The van der Waals surface area contributed by atoms with Crippen molar-refractivity contribution in [3.63, 3.8) is 0 Å². The van der Waals surface area contributed by atoms with Gasteiger partial charge in [0.05, 0.1) is 19.4 Å². The molecule has 1 heterocycles. The van der Waals surface area contributed by atoms with Gasteiger partial charge in [0, 0.05) is 13.1 Å². The molecule has 31 heavy (non-hydrogen) atoms. The summed E-state index contributed by atoms with van der Waals surface area (Å²) in [4.78, 5) is 13.1. The number of amides is 1. The summed E-state index contributed by atoms with van der Waals surface area (Å²) in [6.45, 7) is 6.88. The number of carbonyl (C=O) groups excluding carboxylic acids is 1. The van der Waals surface area contributed by atoms with Gasteiger partial charge in [0.1, 0.15) is 11.8 Å². The van der Waals surface area contributed by atoms with E-state index in [2.05, 4.69) is 16.7 Å². The molecule has 2 rings (SSSR count). The Kier molecular flexibility index (Phi) is 9.78. The summed E-state index contributed by atoms with van der Waals surface area (Å²) in [5.74, 6) is 6.28. The summed E-state index contributed by atoms with van der Waals surface area (Å²) < 4.78 is 32.5. The van der Waals surface area contributed by atoms with E-state index in [0.717, 1.165) is 18.8 Å². The normalized spacial score (nSPS) is 16.4. The number of benzene rings is 1. The Balaban J connectivity index is 2.00. The fourth-order valence-electron chi connectivity index (χ4n) is 3.63. The van der Waals surface area contributed by atoms with Gasteiger partial charge in [0.25, 0.3) is 0 Å². The van der Waals surface area contributed by atoms with Crippen LogP contribution in [-0.2, 0) is 14.8 Å². The first-order valence-corrected chi connectivity index (χ1v) is 12.2. The second kappa shape index (κ2) is 12.1. The molecule has 0 aliphatic carbocycles. The van der Waals surface area contributed by atoms with Crippen LogP contribution in [0.1, 0.15) is 38.2 Å². The Morgan fingerprint density at radius 2 is 1.84 bits per heavy atom. The molecule has 1 fully saturated rings. The van der Waals surface area contributed by atoms with Crippen molar-refractivity contribution in [1.82, 2.24) is 14.3 Å². The summed E-state index contributed by atoms with van der Waals surface area (Å²) in [5.41, 5.74) is 1.17. The van der Waals surface area contributed by atoms with E-state index in [1.54, 1.807) is 7.11 Å². The van der Waals surface area contributed by atoms with Crippen molar-refractivity contribution in [3.05, 3.63) is 29.8 Å². The zero-order chi connectivity index (χ0) is 22.9. The zero-order valence-corrected chi connectivity index (χ0v) is 19.3. The van der Waals surface area contributed by atoms with E-state index >= 15 is 0 Å². The van der Waals surface area contributed by atoms with E-state index < -0.39 is 21.8 Å². The lowest BCUT2D eigenvalue weighted by Crippen LogP contribution is -2.45. The van der Waals surface area contributed by atoms with Gasteiger partial charge in [-0.15, -0.1) is 0 Å². The number of ether oxygens (including phenoxy) is 1. The smallest absolute Gasteiger partial charge is 0.234 e. The first-order valence-electron chi connectivity index (χ1n) is 10.6. The average molecular weight is 452 g/mol. The lowest BCUT2D eigenvalue weighted by Gasteiger charge is -2.32. The summed E-state index contributed by atoms with van der Waals surface area (Å²) in [5, 5.41) is 10.2. The Bertz CT molecular complexity index is 851. The number of sulfonamides is 1. The molecular weight excluding hydrogens is 418 g/mol. The van der Waals surface area contributed by atoms with Crippen LogP contribution >= 0.6 is 0 Å². The Morgan fingerprint density at radius 3 is 2.35 bits per heavy atom. The van der Waals surface area contributed by atoms with Gasteiger partial charge in [-0.3, -0.25) is 14.9 Å². The third-order valence-electron chi connectivity index (χ3n) is 5.70. The van der Waals surface area contributed by atoms with Gasteiger partial charge >= 0.3 is 0 Å². The van der Waals surface area contributed by atoms with E-state index in [4.69, 9.17) is 4.74 Å². The third kappa shape index (κ3) is 7.21. The number of nitrogens with zero attached hydrogens (tertiary/aromatic N) is 3. The largest absolute Gasteiger partial charge is 0.497 e. The number of piperidine rings is 1. The molecule has 172 valence electrons. The topological polar surface area (TPSA) is 90.4 Å². The highest BCUT2D eigenvalue weighted by atomic mass is 32.2. The van der Waals surface area contributed by atoms with E-state index in [1.165, 1.54) is 9.87 Å². The second-order valence-electron chi connectivity index (χ2n) is 7.51. The summed E-state index contributed by atoms with van der Waals surface area (Å²) in [7, 11) is -2.06. The molecule has 0 radical (unpaired) electrons. The fourth-order valence-corrected chi connectivity index (χ4v) is 5.24. The van der Waals surface area contributed by atoms with Crippen molar-refractivity contribution < 1.29 is 23.2 Å². The molecule has 0 saturated carbocycles. The van der Waals surface area contributed by atoms with Crippen molar-refractivity contribution in [2.24, 2.45) is 0 Å². The molecule has 1 aliphatic rings. The SMILES string of the molecule is CCN(CC)CC#CC(CS(=O)(=O)N1CCC(c2ccc(OC)cc2)CC1)N(O)C=O. The number of methoxy groups -OCH3 is 1. The first-order chi connectivity index (χ1) is 14.8. The standard InChI is InChI=1S/C22H33N3O5S/c1-4-23(5-2)14-6-7-21(25(27)18-26)17-31(28,29)24-15-12-20(13-16-24)19-8-10-22(30-3)11-9-19/h8-11,18,20-21,27H,4-5,12-17H2,1-3H3. The number of rotatable bonds is 10. The van der Waals surface area contributed by atoms with E-state index in [0.29, 0.717) is 37.5 Å². The van der Waals surface area contributed by atoms with Crippen LogP contribution in [0.25, 0.3) is 0 Å². The van der Waals surface area contributed by atoms with Crippen molar-refractivity contribution in [2.75, 3.05) is 45.6 Å². The average Bonchev–Trinajstić information content (AvgIpc) is 2.80. The first kappa shape index (κ1) is 25.1. The molecule has 1 unspecified atom stereocenters. The van der Waals surface area contributed by atoms with Gasteiger partial charge < -0.3 is 4.74 Å². The van der Waals surface area contributed by atoms with Crippen LogP contribution in [0, 0.1) is 11.8 Å². The van der Waals surface area contributed by atoms with Crippen LogP contribution in [0.2, 0.25) is 0 Å². The molecular formula is C22H33N3O5S. The fraction of sp³-hybridized carbons (Fsp3) is 0.591. The number of hydrogen-bond acceptors (Lipinski definition) is 6. The van der Waals surface area contributed by atoms with Crippen LogP contribution in [-0.4, -0.2) is 85.9 Å². The molecule has 1 aromatic carbocycles. The highest BCUT2D eigenvalue weighted by Crippen LogP contribution is 2.30. The maximum absolute atomic E-state index is 12.9. The van der Waals surface area contributed by atoms with Crippen molar-refractivity contribution in [2.45, 2.75) is 38.6 Å². The van der Waals surface area contributed by atoms with E-state index in [1.807, 2.05) is 38.1 Å². The molecule has 1 atom stereocenters. The molecule has 1 N–H and O–H groups in total. The summed E-state index contributed by atoms with van der Waals surface area (Å²) in [6, 6.07) is 6.76. The monoisotopic (exact) mass is 451 g/mol. The predicted octanol–water partition coefficient (Wildman–Crippen LogP) is 1.77. The minimum absolute atomic E-state index is 0.197. The lowest BCUT2D eigenvalue weighted by molar-refractivity contribution is -0.153. The van der Waals surface area contributed by atoms with Crippen LogP contribution in [0.5, 0.6) is 5.75 Å². The molecule has 1 aliphatic heterocycles. The lowest BCUT2D eigenvalue weighted by atomic mass is 9.90. The summed E-state index contributed by atoms with van der Waals surface area (Å²) >= 11 is 0. The van der Waals surface area contributed by atoms with E-state index in [9.17, 15) is 18.4 Å². The maximum Gasteiger partial charge on any atom is 0.234 e. The van der Waals surface area contributed by atoms with Gasteiger partial charge in [0.2, 0.25) is 16.4 Å². The van der Waals surface area contributed by atoms with Crippen molar-refractivity contribution in [3.8, 4) is 17.6 Å². The van der Waals surface area contributed by atoms with Gasteiger partial charge in [0.15, 0.2) is 0 Å². The number of hydroxylamine groups is 2. The number of carbonyl (C=O) groups is 1.